The molecule has 1 aromatic carbocycles. The molecule has 0 spiro atoms. The van der Waals surface area contributed by atoms with Crippen LogP contribution in [0.1, 0.15) is 0 Å². The number of hydrogen-bond acceptors (Lipinski definition) is 3. The Bertz CT molecular complexity index is 696. The van der Waals surface area contributed by atoms with Gasteiger partial charge in [-0.3, -0.25) is 0 Å². The summed E-state index contributed by atoms with van der Waals surface area (Å²) in [6.07, 6.45) is 0. The van der Waals surface area contributed by atoms with Crippen molar-refractivity contribution in [2.75, 3.05) is 0 Å². The van der Waals surface area contributed by atoms with Gasteiger partial charge in [0.15, 0.2) is 5.82 Å². The first-order valence-electron chi connectivity index (χ1n) is 4.92. The smallest absolute Gasteiger partial charge is 0.171 e. The summed E-state index contributed by atoms with van der Waals surface area (Å²) in [5.41, 5.74) is 0.868. The van der Waals surface area contributed by atoms with E-state index in [2.05, 4.69) is 25.9 Å². The van der Waals surface area contributed by atoms with E-state index in [0.29, 0.717) is 11.0 Å². The molecule has 0 radical (unpaired) electrons. The van der Waals surface area contributed by atoms with Crippen LogP contribution in [0.25, 0.3) is 21.6 Å². The van der Waals surface area contributed by atoms with Crippen molar-refractivity contribution in [1.82, 2.24) is 9.97 Å². The van der Waals surface area contributed by atoms with E-state index in [1.54, 1.807) is 11.3 Å². The van der Waals surface area contributed by atoms with Crippen molar-refractivity contribution in [3.05, 3.63) is 45.3 Å². The first kappa shape index (κ1) is 11.1. The maximum absolute atomic E-state index is 6.16. The van der Waals surface area contributed by atoms with Crippen LogP contribution in [-0.4, -0.2) is 9.97 Å². The lowest BCUT2D eigenvalue weighted by molar-refractivity contribution is 1.24. The number of thiophene rings is 1. The molecule has 2 heterocycles. The maximum atomic E-state index is 6.16. The highest BCUT2D eigenvalue weighted by Crippen LogP contribution is 2.31. The molecule has 0 unspecified atom stereocenters. The fraction of sp³-hybridized carbons (Fsp3) is 0. The Morgan fingerprint density at radius 1 is 1.06 bits per heavy atom. The summed E-state index contributed by atoms with van der Waals surface area (Å²) in [6.45, 7) is 0. The van der Waals surface area contributed by atoms with Crippen LogP contribution in [0.15, 0.2) is 40.2 Å². The zero-order valence-electron chi connectivity index (χ0n) is 8.52. The van der Waals surface area contributed by atoms with Gasteiger partial charge in [-0.25, -0.2) is 9.97 Å². The fourth-order valence-corrected chi connectivity index (χ4v) is 3.14. The SMILES string of the molecule is Clc1nc(-c2ccc(Br)s2)nc2ccccc12. The maximum Gasteiger partial charge on any atom is 0.171 e. The summed E-state index contributed by atoms with van der Waals surface area (Å²) < 4.78 is 1.06. The van der Waals surface area contributed by atoms with Crippen LogP contribution in [0.5, 0.6) is 0 Å². The number of halogens is 2. The predicted molar refractivity (Wildman–Crippen MR) is 75.6 cm³/mol. The molecule has 0 saturated carbocycles. The lowest BCUT2D eigenvalue weighted by Gasteiger charge is -2.02. The summed E-state index contributed by atoms with van der Waals surface area (Å²) in [5, 5.41) is 1.38. The molecule has 2 aromatic heterocycles. The first-order chi connectivity index (χ1) is 8.24. The van der Waals surface area contributed by atoms with Gasteiger partial charge in [0.25, 0.3) is 0 Å². The lowest BCUT2D eigenvalue weighted by Crippen LogP contribution is -1.89. The Morgan fingerprint density at radius 2 is 1.88 bits per heavy atom. The molecule has 0 aliphatic heterocycles. The minimum absolute atomic E-state index is 0.495. The molecule has 2 nitrogen and oxygen atoms in total. The topological polar surface area (TPSA) is 25.8 Å². The molecule has 0 bridgehead atoms. The normalized spacial score (nSPS) is 10.9. The number of para-hydroxylation sites is 1. The van der Waals surface area contributed by atoms with Crippen molar-refractivity contribution in [3.63, 3.8) is 0 Å². The molecule has 0 atom stereocenters. The van der Waals surface area contributed by atoms with E-state index in [-0.39, 0.29) is 0 Å². The second-order valence-corrected chi connectivity index (χ2v) is 6.28. The van der Waals surface area contributed by atoms with E-state index in [9.17, 15) is 0 Å². The first-order valence-corrected chi connectivity index (χ1v) is 6.91. The van der Waals surface area contributed by atoms with Crippen molar-refractivity contribution < 1.29 is 0 Å². The highest BCUT2D eigenvalue weighted by atomic mass is 79.9. The quantitative estimate of drug-likeness (QED) is 0.602. The van der Waals surface area contributed by atoms with E-state index in [0.717, 1.165) is 19.6 Å². The van der Waals surface area contributed by atoms with Gasteiger partial charge in [-0.2, -0.15) is 0 Å². The third kappa shape index (κ3) is 2.08. The molecule has 0 fully saturated rings. The molecule has 0 N–H and O–H groups in total. The second kappa shape index (κ2) is 4.37. The summed E-state index contributed by atoms with van der Waals surface area (Å²) >= 11 is 11.2. The fourth-order valence-electron chi connectivity index (χ4n) is 1.58. The van der Waals surface area contributed by atoms with Crippen molar-refractivity contribution in [3.8, 4) is 10.7 Å². The zero-order chi connectivity index (χ0) is 11.8. The number of fused-ring (bicyclic) bond motifs is 1. The van der Waals surface area contributed by atoms with Gasteiger partial charge in [0.1, 0.15) is 5.15 Å². The van der Waals surface area contributed by atoms with Crippen molar-refractivity contribution in [1.29, 1.82) is 0 Å². The Labute approximate surface area is 115 Å². The minimum Gasteiger partial charge on any atom is -0.227 e. The van der Waals surface area contributed by atoms with Gasteiger partial charge >= 0.3 is 0 Å². The van der Waals surface area contributed by atoms with Gasteiger partial charge in [-0.15, -0.1) is 11.3 Å². The molecule has 0 amide bonds. The number of rotatable bonds is 1. The Morgan fingerprint density at radius 3 is 2.65 bits per heavy atom. The molecule has 0 saturated heterocycles. The number of hydrogen-bond donors (Lipinski definition) is 0. The molecular formula is C12H6BrClN2S. The van der Waals surface area contributed by atoms with Crippen LogP contribution < -0.4 is 0 Å². The monoisotopic (exact) mass is 324 g/mol. The number of nitrogens with zero attached hydrogens (tertiary/aromatic N) is 2. The molecule has 0 aliphatic carbocycles. The average molecular weight is 326 g/mol. The van der Waals surface area contributed by atoms with E-state index < -0.39 is 0 Å². The van der Waals surface area contributed by atoms with Crippen molar-refractivity contribution in [2.24, 2.45) is 0 Å². The predicted octanol–water partition coefficient (Wildman–Crippen LogP) is 4.77. The van der Waals surface area contributed by atoms with Crippen molar-refractivity contribution >= 4 is 49.8 Å². The highest BCUT2D eigenvalue weighted by molar-refractivity contribution is 9.11. The van der Waals surface area contributed by atoms with Gasteiger partial charge in [-0.05, 0) is 40.2 Å². The Balaban J connectivity index is 2.25. The zero-order valence-corrected chi connectivity index (χ0v) is 11.7. The highest BCUT2D eigenvalue weighted by Gasteiger charge is 2.09. The van der Waals surface area contributed by atoms with Crippen molar-refractivity contribution in [2.45, 2.75) is 0 Å². The van der Waals surface area contributed by atoms with E-state index in [1.807, 2.05) is 36.4 Å². The van der Waals surface area contributed by atoms with Gasteiger partial charge in [0.2, 0.25) is 0 Å². The summed E-state index contributed by atoms with van der Waals surface area (Å²) in [4.78, 5) is 9.85. The van der Waals surface area contributed by atoms with Gasteiger partial charge in [0, 0.05) is 5.39 Å². The summed E-state index contributed by atoms with van der Waals surface area (Å²) in [6, 6.07) is 11.7. The molecular weight excluding hydrogens is 320 g/mol. The van der Waals surface area contributed by atoms with Crippen LogP contribution in [-0.2, 0) is 0 Å². The van der Waals surface area contributed by atoms with Crippen LogP contribution in [0.2, 0.25) is 5.15 Å². The molecule has 17 heavy (non-hydrogen) atoms. The van der Waals surface area contributed by atoms with Gasteiger partial charge in [0.05, 0.1) is 14.2 Å². The van der Waals surface area contributed by atoms with Crippen LogP contribution in [0.3, 0.4) is 0 Å². The second-order valence-electron chi connectivity index (χ2n) is 3.46. The van der Waals surface area contributed by atoms with E-state index in [1.165, 1.54) is 0 Å². The molecule has 3 rings (SSSR count). The molecule has 0 aliphatic rings. The minimum atomic E-state index is 0.495. The number of aromatic nitrogens is 2. The van der Waals surface area contributed by atoms with Crippen LogP contribution >= 0.6 is 38.9 Å². The van der Waals surface area contributed by atoms with Crippen LogP contribution in [0, 0.1) is 0 Å². The Kier molecular flexibility index (Phi) is 2.86. The standard InChI is InChI=1S/C12H6BrClN2S/c13-10-6-5-9(17-10)12-15-8-4-2-1-3-7(8)11(14)16-12/h1-6H. The summed E-state index contributed by atoms with van der Waals surface area (Å²) in [5.74, 6) is 0.671. The Hall–Kier alpha value is -0.970. The van der Waals surface area contributed by atoms with E-state index >= 15 is 0 Å². The third-order valence-electron chi connectivity index (χ3n) is 2.35. The van der Waals surface area contributed by atoms with Gasteiger partial charge < -0.3 is 0 Å². The molecule has 3 aromatic rings. The summed E-state index contributed by atoms with van der Waals surface area (Å²) in [7, 11) is 0. The third-order valence-corrected chi connectivity index (χ3v) is 4.26. The van der Waals surface area contributed by atoms with Gasteiger partial charge in [-0.1, -0.05) is 23.7 Å². The van der Waals surface area contributed by atoms with E-state index in [4.69, 9.17) is 11.6 Å². The molecule has 5 heteroatoms. The average Bonchev–Trinajstić information content (AvgIpc) is 2.76. The molecule has 84 valence electrons. The largest absolute Gasteiger partial charge is 0.227 e. The van der Waals surface area contributed by atoms with Crippen LogP contribution in [0.4, 0.5) is 0 Å². The number of benzene rings is 1. The lowest BCUT2D eigenvalue weighted by atomic mass is 10.2.